The summed E-state index contributed by atoms with van der Waals surface area (Å²) < 4.78 is 1.76. The lowest BCUT2D eigenvalue weighted by Crippen LogP contribution is -2.31. The standard InChI is InChI=1S/C17H18N2O2/c1-11-10-12(2)19(14-8-9-14)17(21)15(11)16(20)18-13-6-4-3-5-7-13/h3-7,10,14H,8-9H2,1-2H3,(H,18,20). The second kappa shape index (κ2) is 5.20. The third-order valence-electron chi connectivity index (χ3n) is 3.80. The number of anilines is 1. The van der Waals surface area contributed by atoms with E-state index in [4.69, 9.17) is 0 Å². The van der Waals surface area contributed by atoms with E-state index in [-0.39, 0.29) is 23.1 Å². The van der Waals surface area contributed by atoms with E-state index in [2.05, 4.69) is 5.32 Å². The predicted molar refractivity (Wildman–Crippen MR) is 82.8 cm³/mol. The molecule has 0 saturated heterocycles. The van der Waals surface area contributed by atoms with Gasteiger partial charge in [-0.05, 0) is 50.5 Å². The monoisotopic (exact) mass is 282 g/mol. The highest BCUT2D eigenvalue weighted by molar-refractivity contribution is 6.05. The number of hydrogen-bond donors (Lipinski definition) is 1. The SMILES string of the molecule is Cc1cc(C)n(C2CC2)c(=O)c1C(=O)Nc1ccccc1. The van der Waals surface area contributed by atoms with Crippen LogP contribution in [0, 0.1) is 13.8 Å². The largest absolute Gasteiger partial charge is 0.322 e. The fraction of sp³-hybridized carbons (Fsp3) is 0.294. The molecule has 1 aromatic heterocycles. The Morgan fingerprint density at radius 1 is 1.19 bits per heavy atom. The van der Waals surface area contributed by atoms with E-state index in [1.54, 1.807) is 16.7 Å². The summed E-state index contributed by atoms with van der Waals surface area (Å²) in [4.78, 5) is 25.1. The number of aromatic nitrogens is 1. The number of nitrogens with one attached hydrogen (secondary N) is 1. The highest BCUT2D eigenvalue weighted by Gasteiger charge is 2.28. The zero-order chi connectivity index (χ0) is 15.0. The van der Waals surface area contributed by atoms with Gasteiger partial charge in [0.05, 0.1) is 0 Å². The van der Waals surface area contributed by atoms with Crippen molar-refractivity contribution >= 4 is 11.6 Å². The van der Waals surface area contributed by atoms with Crippen LogP contribution in [0.4, 0.5) is 5.69 Å². The molecule has 1 aromatic carbocycles. The molecule has 108 valence electrons. The summed E-state index contributed by atoms with van der Waals surface area (Å²) in [6.45, 7) is 3.73. The summed E-state index contributed by atoms with van der Waals surface area (Å²) in [7, 11) is 0. The van der Waals surface area contributed by atoms with Crippen LogP contribution in [0.3, 0.4) is 0 Å². The van der Waals surface area contributed by atoms with Crippen molar-refractivity contribution in [1.29, 1.82) is 0 Å². The number of carbonyl (C=O) groups excluding carboxylic acids is 1. The minimum Gasteiger partial charge on any atom is -0.322 e. The van der Waals surface area contributed by atoms with E-state index in [1.165, 1.54) is 0 Å². The Morgan fingerprint density at radius 2 is 1.86 bits per heavy atom. The van der Waals surface area contributed by atoms with Crippen molar-refractivity contribution in [2.75, 3.05) is 5.32 Å². The lowest BCUT2D eigenvalue weighted by molar-refractivity contribution is 0.102. The maximum atomic E-state index is 12.6. The van der Waals surface area contributed by atoms with Gasteiger partial charge >= 0.3 is 0 Å². The molecule has 1 heterocycles. The van der Waals surface area contributed by atoms with Crippen LogP contribution < -0.4 is 10.9 Å². The molecule has 4 heteroatoms. The molecule has 1 N–H and O–H groups in total. The van der Waals surface area contributed by atoms with Crippen LogP contribution in [0.15, 0.2) is 41.2 Å². The van der Waals surface area contributed by atoms with Crippen LogP contribution in [-0.4, -0.2) is 10.5 Å². The molecule has 1 aliphatic rings. The molecule has 0 atom stereocenters. The molecule has 0 unspecified atom stereocenters. The van der Waals surface area contributed by atoms with Crippen LogP contribution in [0.1, 0.15) is 40.5 Å². The Balaban J connectivity index is 2.00. The molecule has 1 aliphatic carbocycles. The quantitative estimate of drug-likeness (QED) is 0.940. The number of benzene rings is 1. The van der Waals surface area contributed by atoms with E-state index in [1.807, 2.05) is 38.1 Å². The van der Waals surface area contributed by atoms with Gasteiger partial charge in [0.2, 0.25) is 0 Å². The van der Waals surface area contributed by atoms with Crippen molar-refractivity contribution in [2.24, 2.45) is 0 Å². The molecule has 21 heavy (non-hydrogen) atoms. The zero-order valence-corrected chi connectivity index (χ0v) is 12.2. The number of nitrogens with zero attached hydrogens (tertiary/aromatic N) is 1. The normalized spacial score (nSPS) is 14.0. The van der Waals surface area contributed by atoms with Crippen molar-refractivity contribution in [3.05, 3.63) is 63.6 Å². The molecule has 4 nitrogen and oxygen atoms in total. The number of carbonyl (C=O) groups is 1. The Morgan fingerprint density at radius 3 is 2.48 bits per heavy atom. The van der Waals surface area contributed by atoms with E-state index in [0.29, 0.717) is 5.69 Å². The number of rotatable bonds is 3. The van der Waals surface area contributed by atoms with Gasteiger partial charge in [-0.1, -0.05) is 18.2 Å². The van der Waals surface area contributed by atoms with E-state index in [9.17, 15) is 9.59 Å². The first-order chi connectivity index (χ1) is 10.1. The third kappa shape index (κ3) is 2.61. The molecule has 0 radical (unpaired) electrons. The number of amides is 1. The molecular weight excluding hydrogens is 264 g/mol. The van der Waals surface area contributed by atoms with E-state index < -0.39 is 0 Å². The molecule has 3 rings (SSSR count). The second-order valence-electron chi connectivity index (χ2n) is 5.57. The number of aryl methyl sites for hydroxylation is 2. The number of pyridine rings is 1. The van der Waals surface area contributed by atoms with Gasteiger partial charge in [-0.25, -0.2) is 0 Å². The molecular formula is C17H18N2O2. The van der Waals surface area contributed by atoms with Crippen molar-refractivity contribution < 1.29 is 4.79 Å². The summed E-state index contributed by atoms with van der Waals surface area (Å²) in [5.41, 5.74) is 2.42. The van der Waals surface area contributed by atoms with Crippen molar-refractivity contribution in [2.45, 2.75) is 32.7 Å². The first-order valence-corrected chi connectivity index (χ1v) is 7.17. The lowest BCUT2D eigenvalue weighted by Gasteiger charge is -2.13. The first-order valence-electron chi connectivity index (χ1n) is 7.17. The summed E-state index contributed by atoms with van der Waals surface area (Å²) in [5.74, 6) is -0.335. The molecule has 1 amide bonds. The molecule has 0 bridgehead atoms. The van der Waals surface area contributed by atoms with Crippen LogP contribution in [0.2, 0.25) is 0 Å². The number of hydrogen-bond acceptors (Lipinski definition) is 2. The van der Waals surface area contributed by atoms with Gasteiger partial charge in [0.1, 0.15) is 5.56 Å². The molecule has 1 saturated carbocycles. The van der Waals surface area contributed by atoms with Gasteiger partial charge in [-0.2, -0.15) is 0 Å². The maximum absolute atomic E-state index is 12.6. The first kappa shape index (κ1) is 13.6. The van der Waals surface area contributed by atoms with Crippen LogP contribution >= 0.6 is 0 Å². The molecule has 2 aromatic rings. The van der Waals surface area contributed by atoms with E-state index in [0.717, 1.165) is 24.1 Å². The smallest absolute Gasteiger partial charge is 0.264 e. The fourth-order valence-corrected chi connectivity index (χ4v) is 2.68. The zero-order valence-electron chi connectivity index (χ0n) is 12.2. The van der Waals surface area contributed by atoms with Crippen molar-refractivity contribution in [3.63, 3.8) is 0 Å². The Hall–Kier alpha value is -2.36. The predicted octanol–water partition coefficient (Wildman–Crippen LogP) is 3.05. The lowest BCUT2D eigenvalue weighted by atomic mass is 10.1. The highest BCUT2D eigenvalue weighted by Crippen LogP contribution is 2.34. The summed E-state index contributed by atoms with van der Waals surface area (Å²) in [6.07, 6.45) is 2.03. The third-order valence-corrected chi connectivity index (χ3v) is 3.80. The minimum absolute atomic E-state index is 0.177. The van der Waals surface area contributed by atoms with Crippen LogP contribution in [-0.2, 0) is 0 Å². The fourth-order valence-electron chi connectivity index (χ4n) is 2.68. The highest BCUT2D eigenvalue weighted by atomic mass is 16.2. The summed E-state index contributed by atoms with van der Waals surface area (Å²) in [6, 6.07) is 11.4. The average molecular weight is 282 g/mol. The molecule has 0 spiro atoms. The molecule has 1 fully saturated rings. The van der Waals surface area contributed by atoms with Crippen LogP contribution in [0.5, 0.6) is 0 Å². The summed E-state index contributed by atoms with van der Waals surface area (Å²) in [5, 5.41) is 2.79. The van der Waals surface area contributed by atoms with Gasteiger partial charge in [-0.15, -0.1) is 0 Å². The van der Waals surface area contributed by atoms with Crippen molar-refractivity contribution in [3.8, 4) is 0 Å². The van der Waals surface area contributed by atoms with Gasteiger partial charge in [0.25, 0.3) is 11.5 Å². The molecule has 0 aliphatic heterocycles. The summed E-state index contributed by atoms with van der Waals surface area (Å²) >= 11 is 0. The van der Waals surface area contributed by atoms with Gasteiger partial charge in [0.15, 0.2) is 0 Å². The maximum Gasteiger partial charge on any atom is 0.264 e. The van der Waals surface area contributed by atoms with Crippen molar-refractivity contribution in [1.82, 2.24) is 4.57 Å². The Kier molecular flexibility index (Phi) is 3.37. The topological polar surface area (TPSA) is 51.1 Å². The Labute approximate surface area is 123 Å². The second-order valence-corrected chi connectivity index (χ2v) is 5.57. The Bertz CT molecular complexity index is 743. The minimum atomic E-state index is -0.335. The van der Waals surface area contributed by atoms with E-state index >= 15 is 0 Å². The van der Waals surface area contributed by atoms with Crippen LogP contribution in [0.25, 0.3) is 0 Å². The van der Waals surface area contributed by atoms with Gasteiger partial charge in [-0.3, -0.25) is 9.59 Å². The van der Waals surface area contributed by atoms with Gasteiger partial charge in [0, 0.05) is 17.4 Å². The average Bonchev–Trinajstić information content (AvgIpc) is 3.23. The number of para-hydroxylation sites is 1. The van der Waals surface area contributed by atoms with Gasteiger partial charge < -0.3 is 9.88 Å².